The lowest BCUT2D eigenvalue weighted by atomic mass is 9.55. The maximum Gasteiger partial charge on any atom is 0.115 e. The largest absolute Gasteiger partial charge is 0.508 e. The number of phenolic OH excluding ortho intramolecular Hbond substituents is 1. The van der Waals surface area contributed by atoms with Crippen molar-refractivity contribution in [1.29, 1.82) is 0 Å². The summed E-state index contributed by atoms with van der Waals surface area (Å²) >= 11 is 0. The van der Waals surface area contributed by atoms with Crippen LogP contribution in [0.5, 0.6) is 5.75 Å². The number of aromatic hydroxyl groups is 1. The zero-order chi connectivity index (χ0) is 15.8. The topological polar surface area (TPSA) is 32.7 Å². The summed E-state index contributed by atoms with van der Waals surface area (Å²) in [7, 11) is 0. The molecule has 1 N–H and O–H groups in total. The van der Waals surface area contributed by atoms with Gasteiger partial charge in [-0.15, -0.1) is 0 Å². The number of piperidine rings is 1. The van der Waals surface area contributed by atoms with Crippen LogP contribution in [-0.4, -0.2) is 40.8 Å². The van der Waals surface area contributed by atoms with Gasteiger partial charge in [0.2, 0.25) is 0 Å². The normalized spacial score (nSPS) is 42.3. The van der Waals surface area contributed by atoms with Crippen molar-refractivity contribution in [2.24, 2.45) is 5.92 Å². The van der Waals surface area contributed by atoms with E-state index in [0.717, 1.165) is 25.2 Å². The second kappa shape index (κ2) is 4.52. The smallest absolute Gasteiger partial charge is 0.115 e. The number of nitrogens with zero attached hydrogens (tertiary/aromatic N) is 1. The summed E-state index contributed by atoms with van der Waals surface area (Å²) in [5, 5.41) is 10.1. The van der Waals surface area contributed by atoms with Crippen molar-refractivity contribution in [3.05, 3.63) is 29.3 Å². The van der Waals surface area contributed by atoms with Gasteiger partial charge in [0.05, 0.1) is 11.7 Å². The number of ether oxygens (including phenoxy) is 1. The Morgan fingerprint density at radius 2 is 2.17 bits per heavy atom. The van der Waals surface area contributed by atoms with Gasteiger partial charge in [-0.3, -0.25) is 4.90 Å². The van der Waals surface area contributed by atoms with Gasteiger partial charge in [-0.1, -0.05) is 6.07 Å². The third-order valence-corrected chi connectivity index (χ3v) is 7.15. The van der Waals surface area contributed by atoms with Crippen molar-refractivity contribution >= 4 is 0 Å². The maximum atomic E-state index is 10.1. The minimum Gasteiger partial charge on any atom is -0.508 e. The first-order valence-corrected chi connectivity index (χ1v) is 9.26. The molecule has 23 heavy (non-hydrogen) atoms. The fourth-order valence-electron chi connectivity index (χ4n) is 5.93. The molecule has 2 saturated heterocycles. The van der Waals surface area contributed by atoms with E-state index < -0.39 is 0 Å². The highest BCUT2D eigenvalue weighted by Gasteiger charge is 2.66. The summed E-state index contributed by atoms with van der Waals surface area (Å²) in [6.07, 6.45) is 6.44. The van der Waals surface area contributed by atoms with E-state index in [4.69, 9.17) is 4.74 Å². The number of rotatable bonds is 2. The van der Waals surface area contributed by atoms with Gasteiger partial charge in [0.1, 0.15) is 5.75 Å². The standard InChI is InChI=1S/C20H27NO2/c1-13-11-20-7-8-21(12-14-3-4-14)18(19(20,2)23-13)9-15-5-6-16(22)10-17(15)20/h5-6,10,13-14,18,22H,3-4,7-9,11-12H2,1-2H3. The van der Waals surface area contributed by atoms with E-state index in [1.54, 1.807) is 0 Å². The third-order valence-electron chi connectivity index (χ3n) is 7.15. The van der Waals surface area contributed by atoms with Crippen LogP contribution in [0.25, 0.3) is 0 Å². The van der Waals surface area contributed by atoms with Gasteiger partial charge in [0.25, 0.3) is 0 Å². The summed E-state index contributed by atoms with van der Waals surface area (Å²) in [6.45, 7) is 7.01. The van der Waals surface area contributed by atoms with Crippen molar-refractivity contribution in [1.82, 2.24) is 4.90 Å². The van der Waals surface area contributed by atoms with Crippen molar-refractivity contribution in [3.8, 4) is 5.75 Å². The Labute approximate surface area is 138 Å². The molecule has 2 aliphatic heterocycles. The van der Waals surface area contributed by atoms with Gasteiger partial charge < -0.3 is 9.84 Å². The molecule has 2 aliphatic carbocycles. The summed E-state index contributed by atoms with van der Waals surface area (Å²) in [5.41, 5.74) is 2.78. The number of phenols is 1. The monoisotopic (exact) mass is 313 g/mol. The molecule has 4 unspecified atom stereocenters. The zero-order valence-electron chi connectivity index (χ0n) is 14.2. The number of fused-ring (bicyclic) bond motifs is 1. The Hall–Kier alpha value is -1.06. The lowest BCUT2D eigenvalue weighted by Gasteiger charge is -2.59. The Morgan fingerprint density at radius 3 is 2.96 bits per heavy atom. The molecule has 1 aromatic carbocycles. The quantitative estimate of drug-likeness (QED) is 0.910. The van der Waals surface area contributed by atoms with E-state index in [0.29, 0.717) is 17.9 Å². The van der Waals surface area contributed by atoms with Crippen molar-refractivity contribution in [2.75, 3.05) is 13.1 Å². The molecule has 3 fully saturated rings. The third kappa shape index (κ3) is 1.84. The summed E-state index contributed by atoms with van der Waals surface area (Å²) in [5.74, 6) is 1.32. The minimum absolute atomic E-state index is 0.0868. The summed E-state index contributed by atoms with van der Waals surface area (Å²) < 4.78 is 6.62. The Bertz CT molecular complexity index is 655. The molecule has 2 heterocycles. The lowest BCUT2D eigenvalue weighted by molar-refractivity contribution is -0.135. The second-order valence-electron chi connectivity index (χ2n) is 8.57. The van der Waals surface area contributed by atoms with E-state index in [1.165, 1.54) is 37.1 Å². The molecule has 0 aromatic heterocycles. The maximum absolute atomic E-state index is 10.1. The predicted molar refractivity (Wildman–Crippen MR) is 89.8 cm³/mol. The molecule has 5 rings (SSSR count). The molecule has 0 spiro atoms. The molecular weight excluding hydrogens is 286 g/mol. The zero-order valence-corrected chi connectivity index (χ0v) is 14.2. The van der Waals surface area contributed by atoms with Gasteiger partial charge in [-0.25, -0.2) is 0 Å². The molecule has 124 valence electrons. The second-order valence-corrected chi connectivity index (χ2v) is 8.57. The van der Waals surface area contributed by atoms with Crippen LogP contribution in [-0.2, 0) is 16.6 Å². The fourth-order valence-corrected chi connectivity index (χ4v) is 5.93. The SMILES string of the molecule is CC1CC23CCN(CC4CC4)C(Cc4ccc(O)cc42)C3(C)O1. The minimum atomic E-state index is -0.111. The molecule has 1 saturated carbocycles. The Morgan fingerprint density at radius 1 is 1.35 bits per heavy atom. The molecule has 0 amide bonds. The van der Waals surface area contributed by atoms with Crippen molar-refractivity contribution in [2.45, 2.75) is 69.1 Å². The van der Waals surface area contributed by atoms with E-state index in [1.807, 2.05) is 12.1 Å². The molecule has 0 radical (unpaired) electrons. The van der Waals surface area contributed by atoms with Gasteiger partial charge in [-0.05, 0) is 81.7 Å². The highest BCUT2D eigenvalue weighted by Crippen LogP contribution is 2.60. The molecule has 4 aliphatic rings. The van der Waals surface area contributed by atoms with Crippen LogP contribution in [0.3, 0.4) is 0 Å². The first-order valence-electron chi connectivity index (χ1n) is 9.26. The molecule has 3 nitrogen and oxygen atoms in total. The molecular formula is C20H27NO2. The highest BCUT2D eigenvalue weighted by molar-refractivity contribution is 5.48. The van der Waals surface area contributed by atoms with Gasteiger partial charge in [-0.2, -0.15) is 0 Å². The molecule has 1 aromatic rings. The number of hydrogen-bond donors (Lipinski definition) is 1. The van der Waals surface area contributed by atoms with Crippen molar-refractivity contribution < 1.29 is 9.84 Å². The van der Waals surface area contributed by atoms with Crippen LogP contribution in [0.2, 0.25) is 0 Å². The first kappa shape index (κ1) is 14.3. The summed E-state index contributed by atoms with van der Waals surface area (Å²) in [4.78, 5) is 2.73. The van der Waals surface area contributed by atoms with Gasteiger partial charge in [0.15, 0.2) is 0 Å². The number of likely N-dealkylation sites (tertiary alicyclic amines) is 1. The van der Waals surface area contributed by atoms with E-state index in [-0.39, 0.29) is 11.0 Å². The Kier molecular flexibility index (Phi) is 2.81. The van der Waals surface area contributed by atoms with Crippen LogP contribution in [0.15, 0.2) is 18.2 Å². The molecule has 2 bridgehead atoms. The van der Waals surface area contributed by atoms with Crippen LogP contribution in [0.1, 0.15) is 50.7 Å². The lowest BCUT2D eigenvalue weighted by Crippen LogP contribution is -2.68. The number of benzene rings is 1. The van der Waals surface area contributed by atoms with E-state index in [9.17, 15) is 5.11 Å². The fraction of sp³-hybridized carbons (Fsp3) is 0.700. The van der Waals surface area contributed by atoms with E-state index >= 15 is 0 Å². The average molecular weight is 313 g/mol. The van der Waals surface area contributed by atoms with Gasteiger partial charge >= 0.3 is 0 Å². The Balaban J connectivity index is 1.64. The predicted octanol–water partition coefficient (Wildman–Crippen LogP) is 3.24. The van der Waals surface area contributed by atoms with Crippen molar-refractivity contribution in [3.63, 3.8) is 0 Å². The average Bonchev–Trinajstić information content (AvgIpc) is 3.25. The van der Waals surface area contributed by atoms with Gasteiger partial charge in [0, 0.05) is 18.0 Å². The van der Waals surface area contributed by atoms with Crippen LogP contribution in [0, 0.1) is 5.92 Å². The van der Waals surface area contributed by atoms with Crippen LogP contribution < -0.4 is 0 Å². The van der Waals surface area contributed by atoms with Crippen LogP contribution >= 0.6 is 0 Å². The molecule has 3 heteroatoms. The van der Waals surface area contributed by atoms with E-state index in [2.05, 4.69) is 24.8 Å². The van der Waals surface area contributed by atoms with Crippen LogP contribution in [0.4, 0.5) is 0 Å². The highest BCUT2D eigenvalue weighted by atomic mass is 16.5. The summed E-state index contributed by atoms with van der Waals surface area (Å²) in [6, 6.07) is 6.53. The molecule has 4 atom stereocenters. The number of hydrogen-bond acceptors (Lipinski definition) is 3. The first-order chi connectivity index (χ1) is 11.0.